The summed E-state index contributed by atoms with van der Waals surface area (Å²) in [5.74, 6) is 0. The van der Waals surface area contributed by atoms with E-state index >= 15 is 0 Å². The molecule has 0 aliphatic carbocycles. The van der Waals surface area contributed by atoms with E-state index in [2.05, 4.69) is 39.5 Å². The molecule has 1 atom stereocenters. The van der Waals surface area contributed by atoms with Crippen molar-refractivity contribution in [3.63, 3.8) is 0 Å². The van der Waals surface area contributed by atoms with E-state index in [1.54, 1.807) is 11.3 Å². The summed E-state index contributed by atoms with van der Waals surface area (Å²) in [5, 5.41) is 4.03. The zero-order valence-corrected chi connectivity index (χ0v) is 14.9. The first kappa shape index (κ1) is 17.1. The second-order valence-corrected chi connectivity index (χ2v) is 7.22. The normalized spacial score (nSPS) is 16.8. The van der Waals surface area contributed by atoms with Crippen molar-refractivity contribution in [3.8, 4) is 10.4 Å². The Morgan fingerprint density at radius 1 is 1.29 bits per heavy atom. The number of benzene rings is 1. The molecular weight excluding hydrogens is 322 g/mol. The number of aryl methyl sites for hydroxylation is 2. The maximum Gasteiger partial charge on any atom is 0.207 e. The molecule has 5 nitrogen and oxygen atoms in total. The Morgan fingerprint density at radius 3 is 2.58 bits per heavy atom. The molecule has 1 amide bonds. The number of amides is 1. The van der Waals surface area contributed by atoms with Gasteiger partial charge in [0.2, 0.25) is 6.41 Å². The fourth-order valence-electron chi connectivity index (χ4n) is 3.04. The molecule has 1 aromatic carbocycles. The van der Waals surface area contributed by atoms with E-state index < -0.39 is 0 Å². The second-order valence-electron chi connectivity index (χ2n) is 6.02. The van der Waals surface area contributed by atoms with Crippen LogP contribution in [0.2, 0.25) is 0 Å². The third-order valence-corrected chi connectivity index (χ3v) is 5.41. The molecule has 0 spiro atoms. The molecule has 1 aliphatic heterocycles. The molecule has 2 aromatic rings. The largest absolute Gasteiger partial charge is 0.379 e. The van der Waals surface area contributed by atoms with Gasteiger partial charge in [-0.3, -0.25) is 9.69 Å². The first-order valence-corrected chi connectivity index (χ1v) is 9.03. The molecule has 1 aliphatic rings. The average Bonchev–Trinajstić information content (AvgIpc) is 2.94. The molecule has 6 heteroatoms. The maximum absolute atomic E-state index is 11.0. The van der Waals surface area contributed by atoms with Crippen LogP contribution < -0.4 is 5.32 Å². The van der Waals surface area contributed by atoms with Crippen LogP contribution in [0.15, 0.2) is 24.3 Å². The van der Waals surface area contributed by atoms with Crippen LogP contribution in [0, 0.1) is 13.8 Å². The van der Waals surface area contributed by atoms with Gasteiger partial charge in [-0.25, -0.2) is 4.98 Å². The highest BCUT2D eigenvalue weighted by Gasteiger charge is 2.18. The zero-order chi connectivity index (χ0) is 16.9. The quantitative estimate of drug-likeness (QED) is 0.818. The van der Waals surface area contributed by atoms with E-state index in [0.717, 1.165) is 55.5 Å². The summed E-state index contributed by atoms with van der Waals surface area (Å²) in [6, 6.07) is 8.44. The topological polar surface area (TPSA) is 54.5 Å². The van der Waals surface area contributed by atoms with Gasteiger partial charge < -0.3 is 10.1 Å². The third kappa shape index (κ3) is 4.01. The Kier molecular flexibility index (Phi) is 5.60. The van der Waals surface area contributed by atoms with Gasteiger partial charge in [0.25, 0.3) is 0 Å². The number of aromatic nitrogens is 1. The molecule has 3 rings (SSSR count). The monoisotopic (exact) mass is 345 g/mol. The van der Waals surface area contributed by atoms with Crippen LogP contribution in [0.5, 0.6) is 0 Å². The Morgan fingerprint density at radius 2 is 2.00 bits per heavy atom. The fourth-order valence-corrected chi connectivity index (χ4v) is 3.97. The summed E-state index contributed by atoms with van der Waals surface area (Å²) in [6.07, 6.45) is 0.787. The number of hydrogen-bond donors (Lipinski definition) is 1. The molecule has 24 heavy (non-hydrogen) atoms. The van der Waals surface area contributed by atoms with Crippen molar-refractivity contribution >= 4 is 17.7 Å². The van der Waals surface area contributed by atoms with Gasteiger partial charge in [-0.05, 0) is 25.0 Å². The predicted octanol–water partition coefficient (Wildman–Crippen LogP) is 2.55. The first-order valence-electron chi connectivity index (χ1n) is 8.21. The Labute approximate surface area is 146 Å². The number of carbonyl (C=O) groups is 1. The summed E-state index contributed by atoms with van der Waals surface area (Å²) in [4.78, 5) is 19.0. The van der Waals surface area contributed by atoms with Gasteiger partial charge in [-0.2, -0.15) is 0 Å². The lowest BCUT2D eigenvalue weighted by Crippen LogP contribution is -2.41. The highest BCUT2D eigenvalue weighted by molar-refractivity contribution is 7.15. The van der Waals surface area contributed by atoms with Crippen molar-refractivity contribution in [3.05, 3.63) is 40.5 Å². The highest BCUT2D eigenvalue weighted by Crippen LogP contribution is 2.30. The Balaban J connectivity index is 1.75. The van der Waals surface area contributed by atoms with Crippen LogP contribution in [-0.4, -0.2) is 49.1 Å². The summed E-state index contributed by atoms with van der Waals surface area (Å²) >= 11 is 1.72. The molecule has 0 saturated carbocycles. The molecule has 1 saturated heterocycles. The third-order valence-electron chi connectivity index (χ3n) is 4.29. The van der Waals surface area contributed by atoms with Crippen LogP contribution in [-0.2, 0) is 9.53 Å². The van der Waals surface area contributed by atoms with E-state index in [9.17, 15) is 4.79 Å². The molecular formula is C18H23N3O2S. The average molecular weight is 345 g/mol. The number of rotatable bonds is 6. The lowest BCUT2D eigenvalue weighted by atomic mass is 10.0. The van der Waals surface area contributed by atoms with E-state index in [-0.39, 0.29) is 6.04 Å². The molecule has 1 fully saturated rings. The molecule has 128 valence electrons. The zero-order valence-electron chi connectivity index (χ0n) is 14.1. The number of nitrogens with one attached hydrogen (secondary N) is 1. The van der Waals surface area contributed by atoms with Crippen molar-refractivity contribution in [2.24, 2.45) is 0 Å². The SMILES string of the molecule is Cc1nc(C)c(-c2ccc(C(CN3CCOCC3)NC=O)cc2)s1. The molecule has 2 heterocycles. The number of ether oxygens (including phenoxy) is 1. The number of hydrogen-bond acceptors (Lipinski definition) is 5. The number of nitrogens with zero attached hydrogens (tertiary/aromatic N) is 2. The van der Waals surface area contributed by atoms with Gasteiger partial charge in [0.15, 0.2) is 0 Å². The van der Waals surface area contributed by atoms with E-state index in [1.807, 2.05) is 13.8 Å². The lowest BCUT2D eigenvalue weighted by Gasteiger charge is -2.30. The van der Waals surface area contributed by atoms with Crippen molar-refractivity contribution < 1.29 is 9.53 Å². The minimum atomic E-state index is -0.000978. The second kappa shape index (κ2) is 7.88. The standard InChI is InChI=1S/C18H23N3O2S/c1-13-18(24-14(2)20-13)16-5-3-15(4-6-16)17(19-12-22)11-21-7-9-23-10-8-21/h3-6,12,17H,7-11H2,1-2H3,(H,19,22). The van der Waals surface area contributed by atoms with Gasteiger partial charge in [0.1, 0.15) is 0 Å². The smallest absolute Gasteiger partial charge is 0.207 e. The van der Waals surface area contributed by atoms with Crippen molar-refractivity contribution in [1.82, 2.24) is 15.2 Å². The van der Waals surface area contributed by atoms with E-state index in [4.69, 9.17) is 4.74 Å². The van der Waals surface area contributed by atoms with Crippen LogP contribution >= 0.6 is 11.3 Å². The molecule has 1 unspecified atom stereocenters. The molecule has 0 radical (unpaired) electrons. The number of thiazole rings is 1. The summed E-state index contributed by atoms with van der Waals surface area (Å²) < 4.78 is 5.39. The predicted molar refractivity (Wildman–Crippen MR) is 96.2 cm³/mol. The number of carbonyl (C=O) groups excluding carboxylic acids is 1. The van der Waals surface area contributed by atoms with Crippen molar-refractivity contribution in [2.75, 3.05) is 32.8 Å². The maximum atomic E-state index is 11.0. The highest BCUT2D eigenvalue weighted by atomic mass is 32.1. The van der Waals surface area contributed by atoms with Gasteiger partial charge in [0.05, 0.1) is 34.8 Å². The van der Waals surface area contributed by atoms with Crippen molar-refractivity contribution in [1.29, 1.82) is 0 Å². The van der Waals surface area contributed by atoms with E-state index in [0.29, 0.717) is 0 Å². The minimum absolute atomic E-state index is 0.000978. The van der Waals surface area contributed by atoms with Crippen LogP contribution in [0.25, 0.3) is 10.4 Å². The molecule has 1 N–H and O–H groups in total. The molecule has 1 aromatic heterocycles. The van der Waals surface area contributed by atoms with Crippen LogP contribution in [0.3, 0.4) is 0 Å². The number of morpholine rings is 1. The van der Waals surface area contributed by atoms with Gasteiger partial charge in [-0.1, -0.05) is 24.3 Å². The van der Waals surface area contributed by atoms with Crippen LogP contribution in [0.4, 0.5) is 0 Å². The van der Waals surface area contributed by atoms with Gasteiger partial charge in [0, 0.05) is 19.6 Å². The first-order chi connectivity index (χ1) is 11.7. The summed E-state index contributed by atoms with van der Waals surface area (Å²) in [7, 11) is 0. The molecule has 0 bridgehead atoms. The van der Waals surface area contributed by atoms with Gasteiger partial charge >= 0.3 is 0 Å². The lowest BCUT2D eigenvalue weighted by molar-refractivity contribution is -0.110. The fraction of sp³-hybridized carbons (Fsp3) is 0.444. The van der Waals surface area contributed by atoms with Crippen LogP contribution in [0.1, 0.15) is 22.3 Å². The summed E-state index contributed by atoms with van der Waals surface area (Å²) in [5.41, 5.74) is 3.37. The van der Waals surface area contributed by atoms with Crippen molar-refractivity contribution in [2.45, 2.75) is 19.9 Å². The minimum Gasteiger partial charge on any atom is -0.379 e. The van der Waals surface area contributed by atoms with E-state index in [1.165, 1.54) is 10.4 Å². The summed E-state index contributed by atoms with van der Waals surface area (Å²) in [6.45, 7) is 8.22. The Hall–Kier alpha value is -1.76. The Bertz CT molecular complexity index is 678. The van der Waals surface area contributed by atoms with Gasteiger partial charge in [-0.15, -0.1) is 11.3 Å².